The van der Waals surface area contributed by atoms with Crippen molar-refractivity contribution in [1.29, 1.82) is 0 Å². The van der Waals surface area contributed by atoms with Gasteiger partial charge in [0.05, 0.1) is 25.2 Å². The van der Waals surface area contributed by atoms with Gasteiger partial charge in [-0.3, -0.25) is 19.2 Å². The monoisotopic (exact) mass is 504 g/mol. The Balaban J connectivity index is 1.87. The van der Waals surface area contributed by atoms with E-state index in [2.05, 4.69) is 0 Å². The molecule has 2 saturated carbocycles. The van der Waals surface area contributed by atoms with Gasteiger partial charge in [0.1, 0.15) is 11.9 Å². The molecule has 2 fully saturated rings. The molecule has 0 heterocycles. The normalized spacial score (nSPS) is 45.2. The molecule has 3 N–H and O–H groups in total. The lowest BCUT2D eigenvalue weighted by Crippen LogP contribution is -2.65. The summed E-state index contributed by atoms with van der Waals surface area (Å²) in [5, 5.41) is 32.7. The van der Waals surface area contributed by atoms with Crippen LogP contribution < -0.4 is 0 Å². The molecule has 0 amide bonds. The second-order valence-corrected chi connectivity index (χ2v) is 12.6. The number of rotatable bonds is 5. The van der Waals surface area contributed by atoms with Gasteiger partial charge in [0, 0.05) is 46.7 Å². The van der Waals surface area contributed by atoms with Crippen molar-refractivity contribution in [2.24, 2.45) is 39.4 Å². The maximum atomic E-state index is 14.1. The van der Waals surface area contributed by atoms with Crippen molar-refractivity contribution in [3.05, 3.63) is 11.1 Å². The number of ketones is 3. The minimum absolute atomic E-state index is 0.0222. The van der Waals surface area contributed by atoms with Gasteiger partial charge in [-0.05, 0) is 43.9 Å². The molecule has 200 valence electrons. The zero-order valence-corrected chi connectivity index (χ0v) is 22.2. The van der Waals surface area contributed by atoms with Crippen LogP contribution in [0, 0.1) is 39.4 Å². The molecular formula is C28H40O8. The fourth-order valence-electron chi connectivity index (χ4n) is 8.54. The number of hydrogen-bond donors (Lipinski definition) is 3. The number of ether oxygens (including phenoxy) is 1. The van der Waals surface area contributed by atoms with Gasteiger partial charge in [-0.25, -0.2) is 0 Å². The van der Waals surface area contributed by atoms with Crippen LogP contribution in [0.3, 0.4) is 0 Å². The molecule has 0 spiro atoms. The maximum Gasteiger partial charge on any atom is 0.305 e. The van der Waals surface area contributed by atoms with Gasteiger partial charge in [0.25, 0.3) is 0 Å². The highest BCUT2D eigenvalue weighted by molar-refractivity contribution is 6.17. The molecule has 4 aliphatic carbocycles. The van der Waals surface area contributed by atoms with E-state index in [1.54, 1.807) is 20.8 Å². The summed E-state index contributed by atoms with van der Waals surface area (Å²) in [5.41, 5.74) is -3.96. The van der Waals surface area contributed by atoms with Gasteiger partial charge in [-0.15, -0.1) is 0 Å². The third-order valence-electron chi connectivity index (χ3n) is 11.2. The molecule has 9 atom stereocenters. The number of esters is 1. The molecule has 8 nitrogen and oxygen atoms in total. The fourth-order valence-corrected chi connectivity index (χ4v) is 8.54. The molecule has 8 heteroatoms. The zero-order valence-electron chi connectivity index (χ0n) is 22.2. The Morgan fingerprint density at radius 3 is 2.31 bits per heavy atom. The van der Waals surface area contributed by atoms with Crippen LogP contribution in [0.25, 0.3) is 0 Å². The van der Waals surface area contributed by atoms with Crippen LogP contribution >= 0.6 is 0 Å². The lowest BCUT2D eigenvalue weighted by atomic mass is 9.42. The molecule has 4 aliphatic rings. The third kappa shape index (κ3) is 3.16. The van der Waals surface area contributed by atoms with Gasteiger partial charge in [-0.1, -0.05) is 27.7 Å². The standard InChI is InChI=1S/C28H40O8/c1-14(7-8-20(33)36-6)15-11-19(32)28(5)21-16(30)12-17-25(2,10-9-18(31)26(17,3)13-29)22(21)23(34)24(35)27(15,28)4/h14-15,17-18,24,29,31,35H,7-13H2,1-6H3. The smallest absolute Gasteiger partial charge is 0.305 e. The van der Waals surface area contributed by atoms with Crippen molar-refractivity contribution in [2.45, 2.75) is 85.4 Å². The van der Waals surface area contributed by atoms with Gasteiger partial charge >= 0.3 is 5.97 Å². The van der Waals surface area contributed by atoms with Crippen molar-refractivity contribution in [2.75, 3.05) is 13.7 Å². The molecule has 0 aromatic rings. The van der Waals surface area contributed by atoms with Crippen molar-refractivity contribution in [3.63, 3.8) is 0 Å². The van der Waals surface area contributed by atoms with E-state index in [9.17, 15) is 34.5 Å². The number of allylic oxidation sites excluding steroid dienone is 1. The Morgan fingerprint density at radius 2 is 1.72 bits per heavy atom. The Bertz CT molecular complexity index is 1050. The summed E-state index contributed by atoms with van der Waals surface area (Å²) in [5.74, 6) is -2.45. The summed E-state index contributed by atoms with van der Waals surface area (Å²) in [4.78, 5) is 53.5. The van der Waals surface area contributed by atoms with E-state index in [0.717, 1.165) is 0 Å². The highest BCUT2D eigenvalue weighted by Crippen LogP contribution is 2.70. The number of methoxy groups -OCH3 is 1. The first kappa shape index (κ1) is 27.1. The summed E-state index contributed by atoms with van der Waals surface area (Å²) in [6.07, 6.45) is -0.836. The van der Waals surface area contributed by atoms with Crippen molar-refractivity contribution < 1.29 is 39.2 Å². The van der Waals surface area contributed by atoms with E-state index in [4.69, 9.17) is 4.74 Å². The Morgan fingerprint density at radius 1 is 1.08 bits per heavy atom. The molecule has 4 rings (SSSR count). The topological polar surface area (TPSA) is 138 Å². The van der Waals surface area contributed by atoms with Gasteiger partial charge in [0.2, 0.25) is 0 Å². The Hall–Kier alpha value is -1.90. The molecule has 36 heavy (non-hydrogen) atoms. The largest absolute Gasteiger partial charge is 0.469 e. The number of aliphatic hydroxyl groups excluding tert-OH is 3. The van der Waals surface area contributed by atoms with E-state index in [0.29, 0.717) is 19.3 Å². The number of hydrogen-bond acceptors (Lipinski definition) is 8. The maximum absolute atomic E-state index is 14.1. The molecule has 0 aromatic heterocycles. The first-order valence-electron chi connectivity index (χ1n) is 13.1. The van der Waals surface area contributed by atoms with Crippen LogP contribution in [0.15, 0.2) is 11.1 Å². The van der Waals surface area contributed by atoms with Crippen LogP contribution in [0.4, 0.5) is 0 Å². The molecule has 9 unspecified atom stereocenters. The minimum Gasteiger partial charge on any atom is -0.469 e. The fraction of sp³-hybridized carbons (Fsp3) is 0.786. The summed E-state index contributed by atoms with van der Waals surface area (Å²) >= 11 is 0. The zero-order chi connectivity index (χ0) is 27.0. The highest BCUT2D eigenvalue weighted by atomic mass is 16.5. The van der Waals surface area contributed by atoms with Crippen LogP contribution in [0.1, 0.15) is 73.1 Å². The average Bonchev–Trinajstić information content (AvgIpc) is 3.06. The summed E-state index contributed by atoms with van der Waals surface area (Å²) in [6, 6.07) is 0. The third-order valence-corrected chi connectivity index (χ3v) is 11.2. The van der Waals surface area contributed by atoms with Crippen LogP contribution in [0.5, 0.6) is 0 Å². The van der Waals surface area contributed by atoms with E-state index in [-0.39, 0.29) is 60.5 Å². The number of fused-ring (bicyclic) bond motifs is 4. The van der Waals surface area contributed by atoms with Crippen LogP contribution in [0.2, 0.25) is 0 Å². The quantitative estimate of drug-likeness (QED) is 0.484. The highest BCUT2D eigenvalue weighted by Gasteiger charge is 2.73. The molecule has 0 aromatic carbocycles. The number of carbonyl (C=O) groups is 4. The van der Waals surface area contributed by atoms with E-state index in [1.807, 2.05) is 13.8 Å². The van der Waals surface area contributed by atoms with Crippen LogP contribution in [-0.2, 0) is 23.9 Å². The number of carbonyl (C=O) groups excluding carboxylic acids is 4. The van der Waals surface area contributed by atoms with Crippen LogP contribution in [-0.4, -0.2) is 64.6 Å². The summed E-state index contributed by atoms with van der Waals surface area (Å²) < 4.78 is 4.76. The predicted octanol–water partition coefficient (Wildman–Crippen LogP) is 2.17. The SMILES string of the molecule is COC(=O)CCC(C)C1CC(=O)C2(C)C3=C(C(=O)C(O)C12C)C1(C)CCC(O)C(C)(CO)C1CC3=O. The Labute approximate surface area is 212 Å². The number of Topliss-reactive ketones (excluding diaryl/α,β-unsaturated/α-hetero) is 3. The second kappa shape index (κ2) is 8.57. The Kier molecular flexibility index (Phi) is 6.46. The molecular weight excluding hydrogens is 464 g/mol. The van der Waals surface area contributed by atoms with Gasteiger partial charge in [0.15, 0.2) is 11.6 Å². The van der Waals surface area contributed by atoms with E-state index in [1.165, 1.54) is 7.11 Å². The van der Waals surface area contributed by atoms with Gasteiger partial charge in [-0.2, -0.15) is 0 Å². The molecule has 0 radical (unpaired) electrons. The second-order valence-electron chi connectivity index (χ2n) is 12.6. The molecule has 0 saturated heterocycles. The van der Waals surface area contributed by atoms with E-state index >= 15 is 0 Å². The molecule has 0 aliphatic heterocycles. The predicted molar refractivity (Wildman–Crippen MR) is 129 cm³/mol. The molecule has 0 bridgehead atoms. The summed E-state index contributed by atoms with van der Waals surface area (Å²) in [7, 11) is 1.32. The first-order chi connectivity index (χ1) is 16.7. The van der Waals surface area contributed by atoms with Crippen molar-refractivity contribution >= 4 is 23.3 Å². The first-order valence-corrected chi connectivity index (χ1v) is 13.1. The van der Waals surface area contributed by atoms with Crippen molar-refractivity contribution in [3.8, 4) is 0 Å². The van der Waals surface area contributed by atoms with E-state index < -0.39 is 51.5 Å². The average molecular weight is 505 g/mol. The van der Waals surface area contributed by atoms with Crippen molar-refractivity contribution in [1.82, 2.24) is 0 Å². The minimum atomic E-state index is -1.49. The van der Waals surface area contributed by atoms with Gasteiger partial charge < -0.3 is 20.1 Å². The lowest BCUT2D eigenvalue weighted by molar-refractivity contribution is -0.163. The number of aliphatic hydroxyl groups is 3. The lowest BCUT2D eigenvalue weighted by Gasteiger charge is -2.61. The summed E-state index contributed by atoms with van der Waals surface area (Å²) in [6.45, 7) is 8.65.